The Balaban J connectivity index is 2.41. The zero-order chi connectivity index (χ0) is 16.8. The van der Waals surface area contributed by atoms with Crippen LogP contribution in [0.15, 0.2) is 30.3 Å². The van der Waals surface area contributed by atoms with E-state index in [-0.39, 0.29) is 10.9 Å². The molecule has 1 nitrogen and oxygen atoms in total. The van der Waals surface area contributed by atoms with Gasteiger partial charge in [0.25, 0.3) is 0 Å². The van der Waals surface area contributed by atoms with Gasteiger partial charge in [-0.05, 0) is 6.42 Å². The van der Waals surface area contributed by atoms with Crippen LogP contribution in [0.5, 0.6) is 0 Å². The van der Waals surface area contributed by atoms with Gasteiger partial charge in [0.05, 0.1) is 0 Å². The molecule has 8 heteroatoms. The second-order valence-corrected chi connectivity index (χ2v) is 5.70. The number of alkyl halides is 6. The lowest BCUT2D eigenvalue weighted by Crippen LogP contribution is -2.44. The average Bonchev–Trinajstić information content (AvgIpc) is 2.47. The zero-order valence-electron chi connectivity index (χ0n) is 11.4. The third-order valence-electron chi connectivity index (χ3n) is 2.85. The molecule has 22 heavy (non-hydrogen) atoms. The van der Waals surface area contributed by atoms with E-state index in [9.17, 15) is 31.1 Å². The van der Waals surface area contributed by atoms with Crippen molar-refractivity contribution in [3.8, 4) is 0 Å². The molecule has 1 unspecified atom stereocenters. The lowest BCUT2D eigenvalue weighted by Gasteiger charge is -2.25. The van der Waals surface area contributed by atoms with E-state index in [2.05, 4.69) is 0 Å². The number of hydrogen-bond donors (Lipinski definition) is 0. The summed E-state index contributed by atoms with van der Waals surface area (Å²) in [5, 5.41) is -0.367. The molecule has 0 aliphatic heterocycles. The fourth-order valence-electron chi connectivity index (χ4n) is 1.56. The molecule has 0 spiro atoms. The molecule has 0 amide bonds. The number of halogens is 6. The molecule has 1 aromatic rings. The maximum Gasteiger partial charge on any atom is 0.337 e. The Bertz CT molecular complexity index is 479. The van der Waals surface area contributed by atoms with Crippen molar-refractivity contribution in [1.82, 2.24) is 0 Å². The van der Waals surface area contributed by atoms with Crippen LogP contribution >= 0.6 is 11.8 Å². The van der Waals surface area contributed by atoms with Crippen molar-refractivity contribution in [1.29, 1.82) is 0 Å². The molecule has 1 rings (SSSR count). The molecule has 1 atom stereocenters. The predicted octanol–water partition coefficient (Wildman–Crippen LogP) is 4.92. The van der Waals surface area contributed by atoms with Gasteiger partial charge in [0.15, 0.2) is 6.67 Å². The average molecular weight is 344 g/mol. The minimum absolute atomic E-state index is 0.133. The molecule has 0 bridgehead atoms. The Morgan fingerprint density at radius 3 is 2.23 bits per heavy atom. The van der Waals surface area contributed by atoms with Crippen molar-refractivity contribution >= 4 is 16.9 Å². The number of carbonyl (C=O) groups is 1. The van der Waals surface area contributed by atoms with Gasteiger partial charge in [0.2, 0.25) is 5.12 Å². The van der Waals surface area contributed by atoms with Crippen molar-refractivity contribution in [2.45, 2.75) is 30.9 Å². The summed E-state index contributed by atoms with van der Waals surface area (Å²) < 4.78 is 76.4. The monoisotopic (exact) mass is 344 g/mol. The Hall–Kier alpha value is -1.18. The Morgan fingerprint density at radius 2 is 1.68 bits per heavy atom. The molecule has 0 radical (unpaired) electrons. The maximum atomic E-state index is 13.4. The summed E-state index contributed by atoms with van der Waals surface area (Å²) in [5.41, 5.74) is 0.372. The van der Waals surface area contributed by atoms with E-state index in [1.807, 2.05) is 0 Å². The largest absolute Gasteiger partial charge is 0.337 e. The number of benzene rings is 1. The first-order chi connectivity index (χ1) is 10.2. The topological polar surface area (TPSA) is 17.1 Å². The van der Waals surface area contributed by atoms with E-state index in [0.717, 1.165) is 0 Å². The van der Waals surface area contributed by atoms with Gasteiger partial charge in [-0.1, -0.05) is 42.1 Å². The zero-order valence-corrected chi connectivity index (χ0v) is 12.2. The molecule has 0 saturated heterocycles. The summed E-state index contributed by atoms with van der Waals surface area (Å²) in [6.07, 6.45) is -4.52. The van der Waals surface area contributed by atoms with E-state index in [1.54, 1.807) is 18.2 Å². The van der Waals surface area contributed by atoms with Crippen LogP contribution in [-0.4, -0.2) is 35.6 Å². The normalized spacial score (nSPS) is 13.9. The van der Waals surface area contributed by atoms with E-state index in [4.69, 9.17) is 0 Å². The summed E-state index contributed by atoms with van der Waals surface area (Å²) in [6, 6.07) is 8.04. The summed E-state index contributed by atoms with van der Waals surface area (Å²) in [5.74, 6) is -9.77. The van der Waals surface area contributed by atoms with Gasteiger partial charge in [-0.3, -0.25) is 4.79 Å². The first kappa shape index (κ1) is 18.9. The lowest BCUT2D eigenvalue weighted by molar-refractivity contribution is -0.224. The minimum Gasteiger partial charge on any atom is -0.282 e. The molecule has 1 aromatic carbocycles. The standard InChI is InChI=1S/C14H14F6OS/c15-9-14(19,20)13(17,18)8-11(16)6-7-22-12(21)10-4-2-1-3-5-10/h1-5,11H,6-9H2. The number of hydrogen-bond acceptors (Lipinski definition) is 2. The van der Waals surface area contributed by atoms with Crippen molar-refractivity contribution in [2.75, 3.05) is 12.4 Å². The van der Waals surface area contributed by atoms with Crippen LogP contribution in [-0.2, 0) is 0 Å². The Labute approximate surface area is 128 Å². The molecular weight excluding hydrogens is 330 g/mol. The van der Waals surface area contributed by atoms with E-state index >= 15 is 0 Å². The predicted molar refractivity (Wildman–Crippen MR) is 73.2 cm³/mol. The smallest absolute Gasteiger partial charge is 0.282 e. The van der Waals surface area contributed by atoms with Gasteiger partial charge in [0, 0.05) is 17.7 Å². The second kappa shape index (κ2) is 7.89. The first-order valence-corrected chi connectivity index (χ1v) is 7.36. The minimum atomic E-state index is -4.88. The van der Waals surface area contributed by atoms with Crippen molar-refractivity contribution in [3.63, 3.8) is 0 Å². The molecule has 0 saturated carbocycles. The maximum absolute atomic E-state index is 13.4. The van der Waals surface area contributed by atoms with Gasteiger partial charge in [0.1, 0.15) is 6.17 Å². The van der Waals surface area contributed by atoms with Crippen LogP contribution in [0.25, 0.3) is 0 Å². The summed E-state index contributed by atoms with van der Waals surface area (Å²) >= 11 is 0.712. The molecule has 0 aliphatic carbocycles. The number of carbonyl (C=O) groups excluding carboxylic acids is 1. The highest BCUT2D eigenvalue weighted by Crippen LogP contribution is 2.39. The highest BCUT2D eigenvalue weighted by atomic mass is 32.2. The van der Waals surface area contributed by atoms with Gasteiger partial charge < -0.3 is 0 Å². The number of thioether (sulfide) groups is 1. The third-order valence-corrected chi connectivity index (χ3v) is 3.79. The molecule has 0 fully saturated rings. The van der Waals surface area contributed by atoms with Gasteiger partial charge in [-0.25, -0.2) is 8.78 Å². The molecular formula is C14H14F6OS. The molecule has 0 aliphatic rings. The van der Waals surface area contributed by atoms with Gasteiger partial charge in [-0.2, -0.15) is 17.6 Å². The van der Waals surface area contributed by atoms with Crippen molar-refractivity contribution < 1.29 is 31.1 Å². The van der Waals surface area contributed by atoms with Crippen molar-refractivity contribution in [3.05, 3.63) is 35.9 Å². The summed E-state index contributed by atoms with van der Waals surface area (Å²) in [7, 11) is 0. The van der Waals surface area contributed by atoms with Crippen LogP contribution in [0.1, 0.15) is 23.2 Å². The summed E-state index contributed by atoms with van der Waals surface area (Å²) in [4.78, 5) is 11.6. The van der Waals surface area contributed by atoms with E-state index in [0.29, 0.717) is 17.3 Å². The highest BCUT2D eigenvalue weighted by molar-refractivity contribution is 8.14. The first-order valence-electron chi connectivity index (χ1n) is 6.37. The fourth-order valence-corrected chi connectivity index (χ4v) is 2.43. The van der Waals surface area contributed by atoms with Crippen LogP contribution in [0.2, 0.25) is 0 Å². The van der Waals surface area contributed by atoms with E-state index in [1.165, 1.54) is 12.1 Å². The van der Waals surface area contributed by atoms with Crippen LogP contribution in [0.3, 0.4) is 0 Å². The van der Waals surface area contributed by atoms with Crippen LogP contribution < -0.4 is 0 Å². The van der Waals surface area contributed by atoms with E-state index < -0.39 is 37.5 Å². The third kappa shape index (κ3) is 5.23. The Morgan fingerprint density at radius 1 is 1.09 bits per heavy atom. The van der Waals surface area contributed by atoms with Gasteiger partial charge >= 0.3 is 11.8 Å². The van der Waals surface area contributed by atoms with Crippen LogP contribution in [0, 0.1) is 0 Å². The quantitative estimate of drug-likeness (QED) is 0.623. The molecule has 0 N–H and O–H groups in total. The highest BCUT2D eigenvalue weighted by Gasteiger charge is 2.57. The Kier molecular flexibility index (Phi) is 6.77. The van der Waals surface area contributed by atoms with Crippen molar-refractivity contribution in [2.24, 2.45) is 0 Å². The van der Waals surface area contributed by atoms with Crippen LogP contribution in [0.4, 0.5) is 26.3 Å². The molecule has 0 heterocycles. The fraction of sp³-hybridized carbons (Fsp3) is 0.500. The van der Waals surface area contributed by atoms with Gasteiger partial charge in [-0.15, -0.1) is 0 Å². The molecule has 124 valence electrons. The SMILES string of the molecule is O=C(SCCC(F)CC(F)(F)C(F)(F)CF)c1ccccc1. The second-order valence-electron chi connectivity index (χ2n) is 4.63. The lowest BCUT2D eigenvalue weighted by atomic mass is 10.0. The summed E-state index contributed by atoms with van der Waals surface area (Å²) in [6.45, 7) is -2.55. The molecule has 0 aromatic heterocycles. The number of rotatable bonds is 8.